The molecule has 1 heterocycles. The summed E-state index contributed by atoms with van der Waals surface area (Å²) in [6.45, 7) is 16.1. The zero-order valence-corrected chi connectivity index (χ0v) is 23.4. The van der Waals surface area contributed by atoms with Gasteiger partial charge in [-0.1, -0.05) is 48.5 Å². The molecular formula is C30H45NO5. The number of carbonyl (C=O) groups excluding carboxylic acids is 2. The van der Waals surface area contributed by atoms with Crippen LogP contribution in [-0.4, -0.2) is 23.5 Å². The molecule has 36 heavy (non-hydrogen) atoms. The summed E-state index contributed by atoms with van der Waals surface area (Å²) in [4.78, 5) is 44.4. The highest BCUT2D eigenvalue weighted by molar-refractivity contribution is 5.85. The van der Waals surface area contributed by atoms with Gasteiger partial charge in [0.2, 0.25) is 0 Å². The predicted octanol–water partition coefficient (Wildman–Crippen LogP) is 6.79. The SMILES string of the molecule is CC1(C)CC[C@@]23CC[C@]4(C)[C@](OC2=O)([C@@H](ON=O)C[C@@H]2[C@@]5(C)CCC(=O)C(C)(C)[C@@H]5CC[C@]24C)[C@@H]3C1. The second-order valence-electron chi connectivity index (χ2n) is 15.7. The van der Waals surface area contributed by atoms with Crippen LogP contribution in [0, 0.1) is 55.2 Å². The van der Waals surface area contributed by atoms with E-state index in [2.05, 4.69) is 53.8 Å². The van der Waals surface area contributed by atoms with Gasteiger partial charge in [-0.3, -0.25) is 9.59 Å². The van der Waals surface area contributed by atoms with E-state index in [0.29, 0.717) is 24.5 Å². The Hall–Kier alpha value is -1.46. The van der Waals surface area contributed by atoms with Gasteiger partial charge in [-0.05, 0) is 85.9 Å². The van der Waals surface area contributed by atoms with Crippen LogP contribution in [0.5, 0.6) is 0 Å². The fraction of sp³-hybridized carbons (Fsp3) is 0.933. The van der Waals surface area contributed by atoms with Gasteiger partial charge in [0.25, 0.3) is 0 Å². The Morgan fingerprint density at radius 3 is 2.25 bits per heavy atom. The van der Waals surface area contributed by atoms with E-state index in [1.807, 2.05) is 0 Å². The lowest BCUT2D eigenvalue weighted by Crippen LogP contribution is -2.76. The third kappa shape index (κ3) is 2.51. The van der Waals surface area contributed by atoms with Gasteiger partial charge in [0.1, 0.15) is 5.78 Å². The van der Waals surface area contributed by atoms with Crippen molar-refractivity contribution < 1.29 is 19.2 Å². The van der Waals surface area contributed by atoms with Crippen molar-refractivity contribution in [1.82, 2.24) is 0 Å². The number of esters is 1. The minimum Gasteiger partial charge on any atom is -0.454 e. The molecule has 200 valence electrons. The molecule has 6 aliphatic rings. The smallest absolute Gasteiger partial charge is 0.313 e. The van der Waals surface area contributed by atoms with Gasteiger partial charge in [-0.25, -0.2) is 0 Å². The first-order valence-electron chi connectivity index (χ1n) is 14.4. The number of fused-ring (bicyclic) bond motifs is 4. The van der Waals surface area contributed by atoms with Crippen molar-refractivity contribution in [3.63, 3.8) is 0 Å². The molecule has 0 N–H and O–H groups in total. The van der Waals surface area contributed by atoms with E-state index in [4.69, 9.17) is 9.57 Å². The second-order valence-corrected chi connectivity index (χ2v) is 15.7. The standard InChI is InChI=1S/C30H45NO5/c1-24(2)12-14-29-15-13-28(7)27(6)11-8-18-25(3,4)21(32)9-10-26(18,5)19(27)16-22(36-31-34)30(28,20(29)17-24)35-23(29)33/h18-20,22H,8-17H2,1-7H3/t18-,19+,20+,22-,26-,27+,28-,29-,30+/m0/s1. The molecule has 0 unspecified atom stereocenters. The number of hydrogen-bond donors (Lipinski definition) is 0. The molecule has 9 atom stereocenters. The fourth-order valence-corrected chi connectivity index (χ4v) is 11.8. The summed E-state index contributed by atoms with van der Waals surface area (Å²) in [7, 11) is 0. The van der Waals surface area contributed by atoms with Crippen LogP contribution in [0.3, 0.4) is 0 Å². The first kappa shape index (κ1) is 24.9. The molecule has 0 amide bonds. The molecule has 6 rings (SSSR count). The molecule has 6 fully saturated rings. The highest BCUT2D eigenvalue weighted by Gasteiger charge is 2.84. The first-order valence-corrected chi connectivity index (χ1v) is 14.4. The number of Topliss-reactive ketones (excluding diaryl/α,β-unsaturated/α-hetero) is 1. The maximum Gasteiger partial charge on any atom is 0.313 e. The van der Waals surface area contributed by atoms with Crippen molar-refractivity contribution in [3.05, 3.63) is 4.91 Å². The summed E-state index contributed by atoms with van der Waals surface area (Å²) in [6, 6.07) is 0. The molecule has 0 aromatic heterocycles. The summed E-state index contributed by atoms with van der Waals surface area (Å²) < 4.78 is 6.70. The van der Waals surface area contributed by atoms with Crippen LogP contribution >= 0.6 is 0 Å². The topological polar surface area (TPSA) is 82.0 Å². The van der Waals surface area contributed by atoms with E-state index in [-0.39, 0.29) is 44.9 Å². The van der Waals surface area contributed by atoms with Gasteiger partial charge in [0.05, 0.1) is 5.41 Å². The maximum atomic E-state index is 13.8. The molecule has 1 saturated heterocycles. The maximum absolute atomic E-state index is 13.8. The Labute approximate surface area is 215 Å². The number of ether oxygens (including phenoxy) is 1. The van der Waals surface area contributed by atoms with Crippen LogP contribution in [-0.2, 0) is 19.2 Å². The summed E-state index contributed by atoms with van der Waals surface area (Å²) in [5, 5.41) is 3.02. The van der Waals surface area contributed by atoms with Gasteiger partial charge < -0.3 is 9.57 Å². The minimum absolute atomic E-state index is 0.0392. The Morgan fingerprint density at radius 1 is 0.861 bits per heavy atom. The van der Waals surface area contributed by atoms with Gasteiger partial charge in [-0.2, -0.15) is 0 Å². The lowest BCUT2D eigenvalue weighted by Gasteiger charge is -2.74. The average molecular weight is 500 g/mol. The van der Waals surface area contributed by atoms with Crippen LogP contribution in [0.1, 0.15) is 113 Å². The van der Waals surface area contributed by atoms with E-state index in [1.165, 1.54) is 0 Å². The van der Waals surface area contributed by atoms with E-state index in [0.717, 1.165) is 51.4 Å². The number of ketones is 1. The highest BCUT2D eigenvalue weighted by Crippen LogP contribution is 2.80. The third-order valence-electron chi connectivity index (χ3n) is 13.9. The highest BCUT2D eigenvalue weighted by atomic mass is 16.7. The number of rotatable bonds is 2. The van der Waals surface area contributed by atoms with Crippen molar-refractivity contribution in [1.29, 1.82) is 0 Å². The Balaban J connectivity index is 1.53. The molecule has 0 radical (unpaired) electrons. The molecule has 1 spiro atoms. The Kier molecular flexibility index (Phi) is 4.79. The average Bonchev–Trinajstić information content (AvgIpc) is 2.97. The van der Waals surface area contributed by atoms with Crippen LogP contribution in [0.4, 0.5) is 0 Å². The van der Waals surface area contributed by atoms with Crippen molar-refractivity contribution >= 4 is 11.8 Å². The molecule has 6 nitrogen and oxygen atoms in total. The summed E-state index contributed by atoms with van der Waals surface area (Å²) in [5.74, 6) is 0.930. The normalized spacial score (nSPS) is 54.3. The lowest BCUT2D eigenvalue weighted by molar-refractivity contribution is -0.319. The van der Waals surface area contributed by atoms with E-state index < -0.39 is 17.1 Å². The molecule has 5 aliphatic carbocycles. The van der Waals surface area contributed by atoms with Crippen LogP contribution in [0.25, 0.3) is 0 Å². The van der Waals surface area contributed by atoms with Crippen LogP contribution in [0.2, 0.25) is 0 Å². The van der Waals surface area contributed by atoms with Crippen LogP contribution < -0.4 is 0 Å². The quantitative estimate of drug-likeness (QED) is 0.237. The third-order valence-corrected chi connectivity index (χ3v) is 13.9. The molecular weight excluding hydrogens is 454 g/mol. The van der Waals surface area contributed by atoms with E-state index >= 15 is 0 Å². The summed E-state index contributed by atoms with van der Waals surface area (Å²) in [6.07, 6.45) is 8.19. The predicted molar refractivity (Wildman–Crippen MR) is 135 cm³/mol. The first-order chi connectivity index (χ1) is 16.6. The van der Waals surface area contributed by atoms with E-state index in [1.54, 1.807) is 0 Å². The zero-order chi connectivity index (χ0) is 26.2. The van der Waals surface area contributed by atoms with Gasteiger partial charge in [-0.15, -0.1) is 4.91 Å². The minimum atomic E-state index is -0.831. The van der Waals surface area contributed by atoms with Crippen molar-refractivity contribution in [2.75, 3.05) is 0 Å². The lowest BCUT2D eigenvalue weighted by atomic mass is 9.30. The molecule has 0 aromatic carbocycles. The summed E-state index contributed by atoms with van der Waals surface area (Å²) in [5.41, 5.74) is -1.98. The van der Waals surface area contributed by atoms with Crippen molar-refractivity contribution in [2.24, 2.45) is 55.6 Å². The van der Waals surface area contributed by atoms with E-state index in [9.17, 15) is 14.5 Å². The summed E-state index contributed by atoms with van der Waals surface area (Å²) >= 11 is 0. The van der Waals surface area contributed by atoms with Gasteiger partial charge >= 0.3 is 5.97 Å². The van der Waals surface area contributed by atoms with Crippen LogP contribution in [0.15, 0.2) is 5.34 Å². The number of nitrogens with zero attached hydrogens (tertiary/aromatic N) is 1. The van der Waals surface area contributed by atoms with Crippen molar-refractivity contribution in [3.8, 4) is 0 Å². The van der Waals surface area contributed by atoms with Crippen molar-refractivity contribution in [2.45, 2.75) is 124 Å². The fourth-order valence-electron chi connectivity index (χ4n) is 11.8. The molecule has 5 saturated carbocycles. The zero-order valence-electron chi connectivity index (χ0n) is 23.4. The van der Waals surface area contributed by atoms with Gasteiger partial charge in [0, 0.05) is 23.2 Å². The second kappa shape index (κ2) is 6.94. The Bertz CT molecular complexity index is 1040. The molecule has 1 aliphatic heterocycles. The molecule has 0 aromatic rings. The number of carbonyl (C=O) groups is 2. The van der Waals surface area contributed by atoms with Gasteiger partial charge in [0.15, 0.2) is 17.0 Å². The molecule has 6 heteroatoms. The largest absolute Gasteiger partial charge is 0.454 e. The molecule has 2 bridgehead atoms. The Morgan fingerprint density at radius 2 is 1.56 bits per heavy atom. The monoisotopic (exact) mass is 499 g/mol. The number of hydrogen-bond acceptors (Lipinski definition) is 6.